The number of aromatic nitrogens is 1. The summed E-state index contributed by atoms with van der Waals surface area (Å²) in [6, 6.07) is 17.5. The number of allylic oxidation sites excluding steroid dienone is 1. The number of pyridine rings is 1. The van der Waals surface area contributed by atoms with Crippen molar-refractivity contribution < 1.29 is 4.79 Å². The van der Waals surface area contributed by atoms with Gasteiger partial charge in [-0.25, -0.2) is 0 Å². The number of fused-ring (bicyclic) bond motifs is 1. The normalized spacial score (nSPS) is 19.8. The third-order valence-corrected chi connectivity index (χ3v) is 8.45. The first-order valence-electron chi connectivity index (χ1n) is 13.2. The van der Waals surface area contributed by atoms with Gasteiger partial charge in [0, 0.05) is 48.2 Å². The smallest absolute Gasteiger partial charge is 0.226 e. The summed E-state index contributed by atoms with van der Waals surface area (Å²) in [5.41, 5.74) is 7.08. The zero-order chi connectivity index (χ0) is 27.9. The zero-order valence-corrected chi connectivity index (χ0v) is 24.5. The highest BCUT2D eigenvalue weighted by atomic mass is 35.5. The molecule has 0 spiro atoms. The molecule has 0 saturated carbocycles. The van der Waals surface area contributed by atoms with E-state index < -0.39 is 0 Å². The summed E-state index contributed by atoms with van der Waals surface area (Å²) in [5.74, 6) is -0.0686. The highest BCUT2D eigenvalue weighted by molar-refractivity contribution is 7.80. The molecular weight excluding hydrogens is 526 g/mol. The van der Waals surface area contributed by atoms with Crippen molar-refractivity contribution in [2.45, 2.75) is 51.7 Å². The Balaban J connectivity index is 1.48. The second-order valence-electron chi connectivity index (χ2n) is 10.9. The van der Waals surface area contributed by atoms with Gasteiger partial charge in [-0.1, -0.05) is 41.4 Å². The van der Waals surface area contributed by atoms with Gasteiger partial charge in [-0.2, -0.15) is 0 Å². The molecule has 202 valence electrons. The SMILES string of the molecule is CC1=CC(C)(C)N(C)c2cc(Cl)c([C@H]3[C@H](c4ccccn4)NC(=S)N3CCC(=O)Nc3ccc(C)cc3)cc21. The summed E-state index contributed by atoms with van der Waals surface area (Å²) in [7, 11) is 2.10. The van der Waals surface area contributed by atoms with E-state index in [1.165, 1.54) is 5.57 Å². The molecule has 2 atom stereocenters. The first-order valence-corrected chi connectivity index (χ1v) is 14.0. The lowest BCUT2D eigenvalue weighted by molar-refractivity contribution is -0.116. The number of amides is 1. The minimum Gasteiger partial charge on any atom is -0.365 e. The summed E-state index contributed by atoms with van der Waals surface area (Å²) >= 11 is 12.9. The Morgan fingerprint density at radius 3 is 2.59 bits per heavy atom. The molecule has 1 amide bonds. The van der Waals surface area contributed by atoms with E-state index >= 15 is 0 Å². The van der Waals surface area contributed by atoms with Crippen molar-refractivity contribution in [3.63, 3.8) is 0 Å². The molecule has 1 saturated heterocycles. The first kappa shape index (κ1) is 27.2. The number of aryl methyl sites for hydroxylation is 1. The van der Waals surface area contributed by atoms with Gasteiger partial charge in [-0.05, 0) is 87.4 Å². The molecule has 2 aliphatic rings. The van der Waals surface area contributed by atoms with Crippen molar-refractivity contribution in [2.75, 3.05) is 23.8 Å². The van der Waals surface area contributed by atoms with Crippen LogP contribution in [0.4, 0.5) is 11.4 Å². The maximum atomic E-state index is 12.9. The molecule has 2 N–H and O–H groups in total. The predicted octanol–water partition coefficient (Wildman–Crippen LogP) is 6.68. The fourth-order valence-corrected chi connectivity index (χ4v) is 6.08. The van der Waals surface area contributed by atoms with Gasteiger partial charge in [-0.3, -0.25) is 9.78 Å². The number of carbonyl (C=O) groups is 1. The number of rotatable bonds is 6. The van der Waals surface area contributed by atoms with Crippen LogP contribution in [0.2, 0.25) is 5.02 Å². The largest absolute Gasteiger partial charge is 0.365 e. The Morgan fingerprint density at radius 1 is 1.15 bits per heavy atom. The molecule has 2 aromatic carbocycles. The van der Waals surface area contributed by atoms with E-state index in [9.17, 15) is 4.79 Å². The topological polar surface area (TPSA) is 60.5 Å². The van der Waals surface area contributed by atoms with Crippen molar-refractivity contribution in [1.29, 1.82) is 0 Å². The summed E-state index contributed by atoms with van der Waals surface area (Å²) in [5, 5.41) is 7.71. The monoisotopic (exact) mass is 559 g/mol. The van der Waals surface area contributed by atoms with Crippen molar-refractivity contribution in [3.8, 4) is 0 Å². The van der Waals surface area contributed by atoms with E-state index in [0.717, 1.165) is 33.8 Å². The molecule has 1 aromatic heterocycles. The van der Waals surface area contributed by atoms with Gasteiger partial charge in [-0.15, -0.1) is 0 Å². The molecule has 0 unspecified atom stereocenters. The van der Waals surface area contributed by atoms with Crippen LogP contribution in [0.5, 0.6) is 0 Å². The molecular formula is C31H34ClN5OS. The number of hydrogen-bond acceptors (Lipinski definition) is 4. The molecule has 39 heavy (non-hydrogen) atoms. The lowest BCUT2D eigenvalue weighted by atomic mass is 9.86. The lowest BCUT2D eigenvalue weighted by Crippen LogP contribution is -2.42. The molecule has 3 heterocycles. The standard InChI is InChI=1S/C31H34ClN5OS/c1-19-9-11-21(12-10-19)34-27(38)13-15-37-29(28(35-30(37)39)25-8-6-7-14-33-25)23-16-22-20(2)18-31(3,4)36(5)26(22)17-24(23)32/h6-12,14,16-18,28-29H,13,15H2,1-5H3,(H,34,38)(H,35,39)/t28-,29-/m0/s1. The Kier molecular flexibility index (Phi) is 7.40. The van der Waals surface area contributed by atoms with Crippen molar-refractivity contribution >= 4 is 51.8 Å². The highest BCUT2D eigenvalue weighted by Crippen LogP contribution is 2.46. The average molecular weight is 560 g/mol. The number of hydrogen-bond donors (Lipinski definition) is 2. The quantitative estimate of drug-likeness (QED) is 0.329. The van der Waals surface area contributed by atoms with Crippen LogP contribution in [0.3, 0.4) is 0 Å². The van der Waals surface area contributed by atoms with Crippen molar-refractivity contribution in [2.24, 2.45) is 0 Å². The highest BCUT2D eigenvalue weighted by Gasteiger charge is 2.41. The van der Waals surface area contributed by atoms with Gasteiger partial charge in [0.05, 0.1) is 23.3 Å². The molecule has 5 rings (SSSR count). The summed E-state index contributed by atoms with van der Waals surface area (Å²) in [4.78, 5) is 21.9. The van der Waals surface area contributed by atoms with E-state index in [4.69, 9.17) is 23.8 Å². The molecule has 1 fully saturated rings. The van der Waals surface area contributed by atoms with E-state index in [2.05, 4.69) is 71.4 Å². The van der Waals surface area contributed by atoms with E-state index in [1.807, 2.05) is 49.4 Å². The fraction of sp³-hybridized carbons (Fsp3) is 0.323. The lowest BCUT2D eigenvalue weighted by Gasteiger charge is -2.41. The number of halogens is 1. The van der Waals surface area contributed by atoms with Crippen LogP contribution in [0.25, 0.3) is 5.57 Å². The van der Waals surface area contributed by atoms with E-state index in [-0.39, 0.29) is 30.0 Å². The van der Waals surface area contributed by atoms with Crippen LogP contribution < -0.4 is 15.5 Å². The fourth-order valence-electron chi connectivity index (χ4n) is 5.48. The number of anilines is 2. The number of benzene rings is 2. The Hall–Kier alpha value is -3.42. The summed E-state index contributed by atoms with van der Waals surface area (Å²) < 4.78 is 0. The molecule has 2 aliphatic heterocycles. The van der Waals surface area contributed by atoms with Crippen LogP contribution in [-0.4, -0.2) is 40.0 Å². The first-order chi connectivity index (χ1) is 18.5. The Labute approximate surface area is 241 Å². The van der Waals surface area contributed by atoms with Gasteiger partial charge in [0.25, 0.3) is 0 Å². The number of likely N-dealkylation sites (N-methyl/N-ethyl adjacent to an activating group) is 1. The summed E-state index contributed by atoms with van der Waals surface area (Å²) in [6.07, 6.45) is 4.35. The molecule has 0 radical (unpaired) electrons. The molecule has 3 aromatic rings. The molecule has 8 heteroatoms. The van der Waals surface area contributed by atoms with Gasteiger partial charge in [0.15, 0.2) is 5.11 Å². The number of nitrogens with one attached hydrogen (secondary N) is 2. The van der Waals surface area contributed by atoms with Gasteiger partial charge >= 0.3 is 0 Å². The van der Waals surface area contributed by atoms with Crippen molar-refractivity contribution in [3.05, 3.63) is 94.3 Å². The van der Waals surface area contributed by atoms with Crippen LogP contribution in [0.1, 0.15) is 61.7 Å². The summed E-state index contributed by atoms with van der Waals surface area (Å²) in [6.45, 7) is 8.99. The number of carbonyl (C=O) groups excluding carboxylic acids is 1. The Morgan fingerprint density at radius 2 is 1.90 bits per heavy atom. The molecule has 0 bridgehead atoms. The molecule has 0 aliphatic carbocycles. The third-order valence-electron chi connectivity index (χ3n) is 7.77. The minimum atomic E-state index is -0.231. The van der Waals surface area contributed by atoms with Crippen molar-refractivity contribution in [1.82, 2.24) is 15.2 Å². The average Bonchev–Trinajstić information content (AvgIpc) is 3.23. The second kappa shape index (κ2) is 10.6. The van der Waals surface area contributed by atoms with Gasteiger partial charge < -0.3 is 20.4 Å². The third kappa shape index (κ3) is 5.38. The van der Waals surface area contributed by atoms with Gasteiger partial charge in [0.1, 0.15) is 0 Å². The predicted molar refractivity (Wildman–Crippen MR) is 164 cm³/mol. The van der Waals surface area contributed by atoms with E-state index in [1.54, 1.807) is 6.20 Å². The Bertz CT molecular complexity index is 1440. The van der Waals surface area contributed by atoms with E-state index in [0.29, 0.717) is 16.7 Å². The van der Waals surface area contributed by atoms with Crippen LogP contribution >= 0.6 is 23.8 Å². The number of thiocarbonyl (C=S) groups is 1. The van der Waals surface area contributed by atoms with Gasteiger partial charge in [0.2, 0.25) is 5.91 Å². The second-order valence-corrected chi connectivity index (χ2v) is 11.7. The maximum Gasteiger partial charge on any atom is 0.226 e. The minimum absolute atomic E-state index is 0.0686. The van der Waals surface area contributed by atoms with Crippen LogP contribution in [0, 0.1) is 6.92 Å². The van der Waals surface area contributed by atoms with Crippen LogP contribution in [0.15, 0.2) is 66.9 Å². The maximum absolute atomic E-state index is 12.9. The number of nitrogens with zero attached hydrogens (tertiary/aromatic N) is 3. The molecule has 6 nitrogen and oxygen atoms in total. The zero-order valence-electron chi connectivity index (χ0n) is 23.0. The van der Waals surface area contributed by atoms with Crippen LogP contribution in [-0.2, 0) is 4.79 Å².